The van der Waals surface area contributed by atoms with E-state index in [-0.39, 0.29) is 18.1 Å². The summed E-state index contributed by atoms with van der Waals surface area (Å²) in [4.78, 5) is 15.7. The van der Waals surface area contributed by atoms with E-state index in [4.69, 9.17) is 0 Å². The highest BCUT2D eigenvalue weighted by Gasteiger charge is 2.38. The number of hydrogen-bond acceptors (Lipinski definition) is 3. The van der Waals surface area contributed by atoms with Gasteiger partial charge in [0.25, 0.3) is 0 Å². The maximum atomic E-state index is 13.5. The molecule has 0 aromatic heterocycles. The summed E-state index contributed by atoms with van der Waals surface area (Å²) in [7, 11) is 3.78. The molecule has 1 amide bonds. The van der Waals surface area contributed by atoms with E-state index in [9.17, 15) is 14.3 Å². The van der Waals surface area contributed by atoms with Gasteiger partial charge in [0.2, 0.25) is 5.91 Å². The molecule has 5 heteroatoms. The van der Waals surface area contributed by atoms with Crippen molar-refractivity contribution in [1.82, 2.24) is 9.80 Å². The van der Waals surface area contributed by atoms with Crippen LogP contribution < -0.4 is 0 Å². The lowest BCUT2D eigenvalue weighted by Crippen LogP contribution is -2.43. The van der Waals surface area contributed by atoms with E-state index < -0.39 is 5.60 Å². The van der Waals surface area contributed by atoms with E-state index in [1.165, 1.54) is 6.07 Å². The number of halogens is 1. The largest absolute Gasteiger partial charge is 0.387 e. The van der Waals surface area contributed by atoms with Crippen molar-refractivity contribution in [3.8, 4) is 0 Å². The Labute approximate surface area is 118 Å². The molecule has 0 radical (unpaired) electrons. The number of carbonyl (C=O) groups is 1. The number of aliphatic hydroxyl groups is 1. The number of benzene rings is 1. The van der Waals surface area contributed by atoms with Gasteiger partial charge in [0.1, 0.15) is 5.82 Å². The van der Waals surface area contributed by atoms with Gasteiger partial charge in [0, 0.05) is 13.1 Å². The summed E-state index contributed by atoms with van der Waals surface area (Å²) >= 11 is 0. The zero-order valence-corrected chi connectivity index (χ0v) is 12.0. The Hall–Kier alpha value is -1.46. The average Bonchev–Trinajstić information content (AvgIpc) is 2.73. The number of rotatable bonds is 4. The molecule has 1 aromatic carbocycles. The Balaban J connectivity index is 1.97. The number of amides is 1. The molecule has 0 saturated carbocycles. The SMILES string of the molecule is CN(C)CC1(O)CCN(C(=O)Cc2ccccc2F)C1. The Morgan fingerprint density at radius 1 is 1.45 bits per heavy atom. The fourth-order valence-electron chi connectivity index (χ4n) is 2.70. The molecule has 1 aromatic rings. The maximum Gasteiger partial charge on any atom is 0.227 e. The molecule has 1 fully saturated rings. The molecule has 2 rings (SSSR count). The fourth-order valence-corrected chi connectivity index (χ4v) is 2.70. The quantitative estimate of drug-likeness (QED) is 0.891. The monoisotopic (exact) mass is 280 g/mol. The first-order chi connectivity index (χ1) is 9.39. The first kappa shape index (κ1) is 14.9. The summed E-state index contributed by atoms with van der Waals surface area (Å²) in [5.74, 6) is -0.492. The minimum absolute atomic E-state index is 0.0463. The Kier molecular flexibility index (Phi) is 4.40. The number of β-amino-alcohol motifs (C(OH)–C–C–N with tert-alkyl or cyclic N) is 1. The highest BCUT2D eigenvalue weighted by atomic mass is 19.1. The second-order valence-corrected chi connectivity index (χ2v) is 5.80. The van der Waals surface area contributed by atoms with Gasteiger partial charge in [-0.15, -0.1) is 0 Å². The highest BCUT2D eigenvalue weighted by molar-refractivity contribution is 5.79. The number of likely N-dealkylation sites (N-methyl/N-ethyl adjacent to an activating group) is 1. The van der Waals surface area contributed by atoms with Gasteiger partial charge in [-0.1, -0.05) is 18.2 Å². The van der Waals surface area contributed by atoms with Gasteiger partial charge >= 0.3 is 0 Å². The fraction of sp³-hybridized carbons (Fsp3) is 0.533. The van der Waals surface area contributed by atoms with Crippen molar-refractivity contribution in [2.45, 2.75) is 18.4 Å². The van der Waals surface area contributed by atoms with Crippen LogP contribution in [0.1, 0.15) is 12.0 Å². The molecule has 1 atom stereocenters. The Morgan fingerprint density at radius 3 is 2.80 bits per heavy atom. The van der Waals surface area contributed by atoms with Crippen molar-refractivity contribution >= 4 is 5.91 Å². The second-order valence-electron chi connectivity index (χ2n) is 5.80. The van der Waals surface area contributed by atoms with Gasteiger partial charge in [-0.25, -0.2) is 4.39 Å². The molecule has 1 unspecified atom stereocenters. The smallest absolute Gasteiger partial charge is 0.227 e. The summed E-state index contributed by atoms with van der Waals surface area (Å²) in [6, 6.07) is 6.30. The molecule has 0 spiro atoms. The van der Waals surface area contributed by atoms with Crippen LogP contribution in [0.4, 0.5) is 4.39 Å². The van der Waals surface area contributed by atoms with Crippen molar-refractivity contribution in [3.05, 3.63) is 35.6 Å². The summed E-state index contributed by atoms with van der Waals surface area (Å²) in [6.45, 7) is 1.37. The van der Waals surface area contributed by atoms with Gasteiger partial charge in [-0.2, -0.15) is 0 Å². The van der Waals surface area contributed by atoms with Crippen LogP contribution in [-0.2, 0) is 11.2 Å². The number of likely N-dealkylation sites (tertiary alicyclic amines) is 1. The molecule has 1 saturated heterocycles. The van der Waals surface area contributed by atoms with Crippen LogP contribution in [-0.4, -0.2) is 60.1 Å². The summed E-state index contributed by atoms with van der Waals surface area (Å²) in [5.41, 5.74) is -0.449. The van der Waals surface area contributed by atoms with Gasteiger partial charge in [-0.3, -0.25) is 4.79 Å². The minimum Gasteiger partial charge on any atom is -0.387 e. The zero-order valence-electron chi connectivity index (χ0n) is 12.0. The van der Waals surface area contributed by atoms with Crippen molar-refractivity contribution in [2.75, 3.05) is 33.7 Å². The van der Waals surface area contributed by atoms with Crippen LogP contribution in [0.15, 0.2) is 24.3 Å². The van der Waals surface area contributed by atoms with Crippen molar-refractivity contribution in [2.24, 2.45) is 0 Å². The highest BCUT2D eigenvalue weighted by Crippen LogP contribution is 2.23. The standard InChI is InChI=1S/C15H21FN2O2/c1-17(2)10-15(20)7-8-18(11-15)14(19)9-12-5-3-4-6-13(12)16/h3-6,20H,7-11H2,1-2H3. The first-order valence-corrected chi connectivity index (χ1v) is 6.78. The van der Waals surface area contributed by atoms with Crippen molar-refractivity contribution in [3.63, 3.8) is 0 Å². The van der Waals surface area contributed by atoms with E-state index in [0.29, 0.717) is 31.6 Å². The van der Waals surface area contributed by atoms with Gasteiger partial charge in [0.05, 0.1) is 18.6 Å². The first-order valence-electron chi connectivity index (χ1n) is 6.78. The van der Waals surface area contributed by atoms with Crippen LogP contribution in [0, 0.1) is 5.82 Å². The molecule has 4 nitrogen and oxygen atoms in total. The molecule has 1 aliphatic rings. The summed E-state index contributed by atoms with van der Waals surface area (Å²) < 4.78 is 13.5. The number of nitrogens with zero attached hydrogens (tertiary/aromatic N) is 2. The molecular formula is C15H21FN2O2. The van der Waals surface area contributed by atoms with E-state index in [1.54, 1.807) is 23.1 Å². The molecule has 1 aliphatic heterocycles. The number of hydrogen-bond donors (Lipinski definition) is 1. The van der Waals surface area contributed by atoms with Gasteiger partial charge in [0.15, 0.2) is 0 Å². The third-order valence-corrected chi connectivity index (χ3v) is 3.60. The van der Waals surface area contributed by atoms with E-state index in [2.05, 4.69) is 0 Å². The molecule has 110 valence electrons. The van der Waals surface area contributed by atoms with Crippen molar-refractivity contribution < 1.29 is 14.3 Å². The van der Waals surface area contributed by atoms with Crippen LogP contribution >= 0.6 is 0 Å². The topological polar surface area (TPSA) is 43.8 Å². The minimum atomic E-state index is -0.853. The Morgan fingerprint density at radius 2 is 2.15 bits per heavy atom. The third kappa shape index (κ3) is 3.55. The molecule has 0 bridgehead atoms. The Bertz CT molecular complexity index is 493. The maximum absolute atomic E-state index is 13.5. The summed E-state index contributed by atoms with van der Waals surface area (Å²) in [5, 5.41) is 10.4. The molecule has 20 heavy (non-hydrogen) atoms. The van der Waals surface area contributed by atoms with Crippen LogP contribution in [0.3, 0.4) is 0 Å². The van der Waals surface area contributed by atoms with Crippen LogP contribution in [0.5, 0.6) is 0 Å². The van der Waals surface area contributed by atoms with Gasteiger partial charge in [-0.05, 0) is 32.1 Å². The third-order valence-electron chi connectivity index (χ3n) is 3.60. The second kappa shape index (κ2) is 5.89. The van der Waals surface area contributed by atoms with Crippen molar-refractivity contribution in [1.29, 1.82) is 0 Å². The van der Waals surface area contributed by atoms with E-state index in [1.807, 2.05) is 19.0 Å². The predicted molar refractivity (Wildman–Crippen MR) is 74.8 cm³/mol. The normalized spacial score (nSPS) is 22.6. The summed E-state index contributed by atoms with van der Waals surface area (Å²) in [6.07, 6.45) is 0.610. The lowest BCUT2D eigenvalue weighted by molar-refractivity contribution is -0.130. The zero-order chi connectivity index (χ0) is 14.8. The molecule has 1 heterocycles. The van der Waals surface area contributed by atoms with Crippen LogP contribution in [0.25, 0.3) is 0 Å². The molecule has 1 N–H and O–H groups in total. The van der Waals surface area contributed by atoms with E-state index >= 15 is 0 Å². The van der Waals surface area contributed by atoms with Gasteiger partial charge < -0.3 is 14.9 Å². The molecule has 0 aliphatic carbocycles. The lowest BCUT2D eigenvalue weighted by Gasteiger charge is -2.26. The van der Waals surface area contributed by atoms with E-state index in [0.717, 1.165) is 0 Å². The predicted octanol–water partition coefficient (Wildman–Crippen LogP) is 0.893. The molecular weight excluding hydrogens is 259 g/mol. The lowest BCUT2D eigenvalue weighted by atomic mass is 10.0. The number of carbonyl (C=O) groups excluding carboxylic acids is 1. The van der Waals surface area contributed by atoms with Crippen LogP contribution in [0.2, 0.25) is 0 Å². The average molecular weight is 280 g/mol.